The lowest BCUT2D eigenvalue weighted by Crippen LogP contribution is -2.46. The zero-order chi connectivity index (χ0) is 9.84. The highest BCUT2D eigenvalue weighted by Crippen LogP contribution is 2.13. The number of amidine groups is 1. The van der Waals surface area contributed by atoms with Crippen LogP contribution in [0.15, 0.2) is 11.9 Å². The Bertz CT molecular complexity index is 227. The van der Waals surface area contributed by atoms with Gasteiger partial charge in [0, 0.05) is 13.2 Å². The van der Waals surface area contributed by atoms with Crippen LogP contribution in [0.2, 0.25) is 13.1 Å². The van der Waals surface area contributed by atoms with Crippen molar-refractivity contribution in [3.05, 3.63) is 11.9 Å². The molecule has 0 aromatic rings. The quantitative estimate of drug-likeness (QED) is 0.256. The summed E-state index contributed by atoms with van der Waals surface area (Å²) in [7, 11) is 2.92. The SMILES string of the molecule is CBCC1NC=C(C(=N)N)N1NC. The van der Waals surface area contributed by atoms with Crippen LogP contribution in [0.3, 0.4) is 0 Å². The molecule has 1 aliphatic rings. The molecule has 1 heterocycles. The van der Waals surface area contributed by atoms with Gasteiger partial charge in [-0.1, -0.05) is 6.82 Å². The maximum Gasteiger partial charge on any atom is 0.142 e. The molecule has 0 saturated heterocycles. The molecule has 0 spiro atoms. The van der Waals surface area contributed by atoms with Crippen LogP contribution in [-0.2, 0) is 0 Å². The van der Waals surface area contributed by atoms with Crippen LogP contribution < -0.4 is 16.5 Å². The van der Waals surface area contributed by atoms with E-state index in [1.165, 1.54) is 0 Å². The van der Waals surface area contributed by atoms with Crippen LogP contribution in [0.5, 0.6) is 0 Å². The third-order valence-corrected chi connectivity index (χ3v) is 2.06. The van der Waals surface area contributed by atoms with Crippen molar-refractivity contribution < 1.29 is 0 Å². The van der Waals surface area contributed by atoms with Crippen molar-refractivity contribution in [3.63, 3.8) is 0 Å². The van der Waals surface area contributed by atoms with Gasteiger partial charge in [-0.15, -0.1) is 0 Å². The first-order valence-electron chi connectivity index (χ1n) is 4.48. The van der Waals surface area contributed by atoms with Gasteiger partial charge in [-0.25, -0.2) is 5.43 Å². The molecule has 1 aliphatic heterocycles. The summed E-state index contributed by atoms with van der Waals surface area (Å²) in [6.45, 7) is 2.13. The van der Waals surface area contributed by atoms with E-state index in [2.05, 4.69) is 17.6 Å². The van der Waals surface area contributed by atoms with E-state index < -0.39 is 0 Å². The number of hydrogen-bond acceptors (Lipinski definition) is 4. The predicted octanol–water partition coefficient (Wildman–Crippen LogP) is -0.968. The first-order valence-corrected chi connectivity index (χ1v) is 4.48. The summed E-state index contributed by atoms with van der Waals surface area (Å²) in [5.41, 5.74) is 9.14. The molecule has 5 nitrogen and oxygen atoms in total. The molecule has 5 N–H and O–H groups in total. The van der Waals surface area contributed by atoms with Crippen LogP contribution in [0.25, 0.3) is 0 Å². The highest BCUT2D eigenvalue weighted by atomic mass is 15.6. The first-order chi connectivity index (χ1) is 6.20. The average molecular weight is 181 g/mol. The molecule has 1 unspecified atom stereocenters. The molecule has 0 bridgehead atoms. The molecule has 13 heavy (non-hydrogen) atoms. The van der Waals surface area contributed by atoms with Crippen molar-refractivity contribution in [1.82, 2.24) is 15.8 Å². The summed E-state index contributed by atoms with van der Waals surface area (Å²) in [6.07, 6.45) is 3.02. The largest absolute Gasteiger partial charge is 0.382 e. The average Bonchev–Trinajstić information content (AvgIpc) is 2.48. The number of rotatable bonds is 4. The Morgan fingerprint density at radius 3 is 3.08 bits per heavy atom. The fourth-order valence-electron chi connectivity index (χ4n) is 1.46. The van der Waals surface area contributed by atoms with Crippen LogP contribution in [0.1, 0.15) is 0 Å². The third-order valence-electron chi connectivity index (χ3n) is 2.06. The maximum atomic E-state index is 7.34. The molecule has 0 fully saturated rings. The van der Waals surface area contributed by atoms with E-state index in [0.29, 0.717) is 5.70 Å². The highest BCUT2D eigenvalue weighted by molar-refractivity contribution is 6.33. The number of nitrogens with one attached hydrogen (secondary N) is 3. The number of nitrogens with two attached hydrogens (primary N) is 1. The van der Waals surface area contributed by atoms with Crippen molar-refractivity contribution in [2.24, 2.45) is 5.73 Å². The van der Waals surface area contributed by atoms with Gasteiger partial charge in [0.25, 0.3) is 0 Å². The second-order valence-electron chi connectivity index (χ2n) is 3.01. The monoisotopic (exact) mass is 181 g/mol. The Morgan fingerprint density at radius 1 is 1.92 bits per heavy atom. The Balaban J connectivity index is 2.65. The van der Waals surface area contributed by atoms with E-state index in [0.717, 1.165) is 13.6 Å². The van der Waals surface area contributed by atoms with E-state index in [-0.39, 0.29) is 12.0 Å². The fraction of sp³-hybridized carbons (Fsp3) is 0.571. The topological polar surface area (TPSA) is 77.2 Å². The van der Waals surface area contributed by atoms with Gasteiger partial charge in [0.1, 0.15) is 25.0 Å². The summed E-state index contributed by atoms with van der Waals surface area (Å²) in [4.78, 5) is 0. The molecule has 0 aromatic carbocycles. The normalized spacial score (nSPS) is 20.9. The minimum Gasteiger partial charge on any atom is -0.382 e. The van der Waals surface area contributed by atoms with Crippen LogP contribution in [0.4, 0.5) is 0 Å². The number of hydrogen-bond donors (Lipinski definition) is 4. The molecule has 0 saturated carbocycles. The Hall–Kier alpha value is -1.17. The van der Waals surface area contributed by atoms with E-state index in [9.17, 15) is 0 Å². The summed E-state index contributed by atoms with van der Waals surface area (Å²) >= 11 is 0. The molecule has 72 valence electrons. The van der Waals surface area contributed by atoms with Gasteiger partial charge in [0.05, 0.1) is 0 Å². The number of nitrogens with zero attached hydrogens (tertiary/aromatic N) is 1. The Morgan fingerprint density at radius 2 is 2.62 bits per heavy atom. The third kappa shape index (κ3) is 1.95. The zero-order valence-corrected chi connectivity index (χ0v) is 8.09. The van der Waals surface area contributed by atoms with Crippen molar-refractivity contribution >= 4 is 13.1 Å². The zero-order valence-electron chi connectivity index (χ0n) is 8.09. The molecule has 0 amide bonds. The van der Waals surface area contributed by atoms with Gasteiger partial charge in [-0.3, -0.25) is 10.4 Å². The van der Waals surface area contributed by atoms with Crippen molar-refractivity contribution in [1.29, 1.82) is 5.41 Å². The molecular formula is C7H16BN5. The van der Waals surface area contributed by atoms with Gasteiger partial charge in [-0.05, 0) is 6.32 Å². The lowest BCUT2D eigenvalue weighted by Gasteiger charge is -2.27. The van der Waals surface area contributed by atoms with Crippen LogP contribution >= 0.6 is 0 Å². The van der Waals surface area contributed by atoms with E-state index >= 15 is 0 Å². The molecular weight excluding hydrogens is 165 g/mol. The fourth-order valence-corrected chi connectivity index (χ4v) is 1.46. The van der Waals surface area contributed by atoms with E-state index in [1.807, 2.05) is 12.1 Å². The minimum atomic E-state index is 0.0838. The van der Waals surface area contributed by atoms with Gasteiger partial charge in [-0.2, -0.15) is 0 Å². The van der Waals surface area contributed by atoms with Crippen molar-refractivity contribution in [3.8, 4) is 0 Å². The maximum absolute atomic E-state index is 7.34. The van der Waals surface area contributed by atoms with E-state index in [4.69, 9.17) is 11.1 Å². The smallest absolute Gasteiger partial charge is 0.142 e. The highest BCUT2D eigenvalue weighted by Gasteiger charge is 2.25. The summed E-state index contributed by atoms with van der Waals surface area (Å²) in [5.74, 6) is 0.0838. The van der Waals surface area contributed by atoms with Crippen LogP contribution in [-0.4, -0.2) is 31.3 Å². The van der Waals surface area contributed by atoms with Crippen molar-refractivity contribution in [2.75, 3.05) is 7.05 Å². The Labute approximate surface area is 79.1 Å². The van der Waals surface area contributed by atoms with E-state index in [1.54, 1.807) is 6.20 Å². The molecule has 6 heteroatoms. The predicted molar refractivity (Wildman–Crippen MR) is 55.6 cm³/mol. The molecule has 1 rings (SSSR count). The van der Waals surface area contributed by atoms with Gasteiger partial charge in [0.2, 0.25) is 0 Å². The minimum absolute atomic E-state index is 0.0838. The van der Waals surface area contributed by atoms with Crippen molar-refractivity contribution in [2.45, 2.75) is 19.3 Å². The van der Waals surface area contributed by atoms with Gasteiger partial charge >= 0.3 is 0 Å². The summed E-state index contributed by atoms with van der Waals surface area (Å²) < 4.78 is 0. The second kappa shape index (κ2) is 4.18. The number of hydrazine groups is 1. The summed E-state index contributed by atoms with van der Waals surface area (Å²) in [6, 6.07) is 0. The second-order valence-corrected chi connectivity index (χ2v) is 3.01. The summed E-state index contributed by atoms with van der Waals surface area (Å²) in [5, 5.41) is 12.4. The Kier molecular flexibility index (Phi) is 3.19. The molecule has 0 aliphatic carbocycles. The lowest BCUT2D eigenvalue weighted by molar-refractivity contribution is 0.223. The lowest BCUT2D eigenvalue weighted by atomic mass is 9.77. The molecule has 0 radical (unpaired) electrons. The molecule has 0 aromatic heterocycles. The molecule has 1 atom stereocenters. The first kappa shape index (κ1) is 9.92. The van der Waals surface area contributed by atoms with Crippen LogP contribution in [0, 0.1) is 5.41 Å². The standard InChI is InChI=1S/C7H16BN5/c1-8-3-6-12-4-5(7(9)10)13(6)11-2/h4,6,8,11-12H,3H2,1-2H3,(H3,9,10). The van der Waals surface area contributed by atoms with Gasteiger partial charge < -0.3 is 11.1 Å². The van der Waals surface area contributed by atoms with Gasteiger partial charge in [0.15, 0.2) is 0 Å².